The first kappa shape index (κ1) is 17.5. The molecule has 0 saturated carbocycles. The number of nitrogens with zero attached hydrogens (tertiary/aromatic N) is 1. The molecule has 0 saturated heterocycles. The first-order valence-corrected chi connectivity index (χ1v) is 9.53. The Balaban J connectivity index is 1.78. The molecule has 0 spiro atoms. The van der Waals surface area contributed by atoms with Crippen LogP contribution in [0.5, 0.6) is 5.75 Å². The number of hydrogen-bond acceptors (Lipinski definition) is 4. The smallest absolute Gasteiger partial charge is 0.256 e. The number of benzene rings is 1. The summed E-state index contributed by atoms with van der Waals surface area (Å²) in [7, 11) is 0. The van der Waals surface area contributed by atoms with E-state index in [0.29, 0.717) is 16.1 Å². The van der Waals surface area contributed by atoms with Crippen LogP contribution >= 0.6 is 11.3 Å². The second kappa shape index (κ2) is 7.71. The van der Waals surface area contributed by atoms with Crippen molar-refractivity contribution < 1.29 is 9.53 Å². The van der Waals surface area contributed by atoms with Gasteiger partial charge in [0, 0.05) is 10.4 Å². The highest BCUT2D eigenvalue weighted by Crippen LogP contribution is 2.37. The van der Waals surface area contributed by atoms with E-state index in [1.165, 1.54) is 11.3 Å². The number of fused-ring (bicyclic) bond motifs is 1. The lowest BCUT2D eigenvalue weighted by Gasteiger charge is -2.10. The van der Waals surface area contributed by atoms with Crippen LogP contribution in [-0.2, 0) is 12.8 Å². The molecule has 1 aliphatic carbocycles. The predicted octanol–water partition coefficient (Wildman–Crippen LogP) is 4.93. The molecule has 130 valence electrons. The lowest BCUT2D eigenvalue weighted by Crippen LogP contribution is -2.12. The van der Waals surface area contributed by atoms with Crippen LogP contribution in [0.25, 0.3) is 0 Å². The number of nitrogens with one attached hydrogen (secondary N) is 1. The van der Waals surface area contributed by atoms with Gasteiger partial charge in [0.1, 0.15) is 16.8 Å². The molecule has 1 aliphatic rings. The summed E-state index contributed by atoms with van der Waals surface area (Å²) in [6.07, 6.45) is 5.52. The maximum Gasteiger partial charge on any atom is 0.256 e. The first-order valence-electron chi connectivity index (χ1n) is 8.71. The lowest BCUT2D eigenvalue weighted by atomic mass is 10.1. The number of hydrogen-bond donors (Lipinski definition) is 1. The van der Waals surface area contributed by atoms with E-state index in [0.717, 1.165) is 37.0 Å². The van der Waals surface area contributed by atoms with Gasteiger partial charge in [0.25, 0.3) is 5.91 Å². The maximum atomic E-state index is 12.5. The summed E-state index contributed by atoms with van der Waals surface area (Å²) in [4.78, 5) is 13.8. The monoisotopic (exact) mass is 354 g/mol. The van der Waals surface area contributed by atoms with Crippen LogP contribution in [0, 0.1) is 11.3 Å². The van der Waals surface area contributed by atoms with E-state index in [-0.39, 0.29) is 12.0 Å². The molecule has 0 unspecified atom stereocenters. The minimum Gasteiger partial charge on any atom is -0.491 e. The van der Waals surface area contributed by atoms with E-state index < -0.39 is 0 Å². The molecule has 1 heterocycles. The van der Waals surface area contributed by atoms with Crippen molar-refractivity contribution >= 4 is 22.2 Å². The first-order chi connectivity index (χ1) is 12.1. The van der Waals surface area contributed by atoms with Gasteiger partial charge in [-0.3, -0.25) is 4.79 Å². The zero-order valence-electron chi connectivity index (χ0n) is 14.6. The average molecular weight is 354 g/mol. The Kier molecular flexibility index (Phi) is 5.40. The second-order valence-corrected chi connectivity index (χ2v) is 7.63. The minimum atomic E-state index is -0.191. The molecule has 3 rings (SSSR count). The van der Waals surface area contributed by atoms with Crippen LogP contribution in [0.2, 0.25) is 0 Å². The number of carbonyl (C=O) groups is 1. The molecule has 0 fully saturated rings. The number of anilines is 1. The zero-order chi connectivity index (χ0) is 17.8. The highest BCUT2D eigenvalue weighted by molar-refractivity contribution is 7.16. The number of nitriles is 1. The van der Waals surface area contributed by atoms with E-state index in [2.05, 4.69) is 11.4 Å². The minimum absolute atomic E-state index is 0.0967. The Labute approximate surface area is 152 Å². The molecule has 2 aromatic rings. The van der Waals surface area contributed by atoms with Gasteiger partial charge < -0.3 is 10.1 Å². The summed E-state index contributed by atoms with van der Waals surface area (Å²) in [6, 6.07) is 9.38. The van der Waals surface area contributed by atoms with Gasteiger partial charge in [0.2, 0.25) is 0 Å². The number of thiophene rings is 1. The summed E-state index contributed by atoms with van der Waals surface area (Å²) in [5.74, 6) is 0.552. The van der Waals surface area contributed by atoms with E-state index in [4.69, 9.17) is 4.74 Å². The molecule has 0 atom stereocenters. The number of rotatable bonds is 4. The van der Waals surface area contributed by atoms with Crippen molar-refractivity contribution in [3.63, 3.8) is 0 Å². The molecule has 25 heavy (non-hydrogen) atoms. The highest BCUT2D eigenvalue weighted by Gasteiger charge is 2.21. The largest absolute Gasteiger partial charge is 0.491 e. The molecule has 1 aromatic heterocycles. The van der Waals surface area contributed by atoms with Crippen molar-refractivity contribution in [1.29, 1.82) is 5.26 Å². The van der Waals surface area contributed by atoms with Gasteiger partial charge >= 0.3 is 0 Å². The molecule has 0 radical (unpaired) electrons. The summed E-state index contributed by atoms with van der Waals surface area (Å²) in [6.45, 7) is 3.93. The number of aryl methyl sites for hydroxylation is 1. The molecule has 0 bridgehead atoms. The topological polar surface area (TPSA) is 62.1 Å². The quantitative estimate of drug-likeness (QED) is 0.792. The third-order valence-electron chi connectivity index (χ3n) is 4.25. The fraction of sp³-hybridized carbons (Fsp3) is 0.400. The Bertz CT molecular complexity index is 800. The van der Waals surface area contributed by atoms with Gasteiger partial charge in [0.05, 0.1) is 11.7 Å². The fourth-order valence-electron chi connectivity index (χ4n) is 3.08. The van der Waals surface area contributed by atoms with Gasteiger partial charge in [-0.05, 0) is 69.4 Å². The number of ether oxygens (including phenoxy) is 1. The van der Waals surface area contributed by atoms with Crippen LogP contribution in [-0.4, -0.2) is 12.0 Å². The van der Waals surface area contributed by atoms with Crippen molar-refractivity contribution in [2.24, 2.45) is 0 Å². The molecule has 1 amide bonds. The number of amides is 1. The Hall–Kier alpha value is -2.32. The molecule has 5 heteroatoms. The van der Waals surface area contributed by atoms with Crippen LogP contribution in [0.4, 0.5) is 5.00 Å². The third kappa shape index (κ3) is 4.02. The standard InChI is InChI=1S/C20H22N2O2S/c1-13(2)24-15-10-8-14(9-11-15)19(23)22-20-17(12-21)16-6-4-3-5-7-18(16)25-20/h8-11,13H,3-7H2,1-2H3,(H,22,23). The zero-order valence-corrected chi connectivity index (χ0v) is 15.4. The van der Waals surface area contributed by atoms with Crippen molar-refractivity contribution in [1.82, 2.24) is 0 Å². The van der Waals surface area contributed by atoms with Crippen LogP contribution in [0.15, 0.2) is 24.3 Å². The van der Waals surface area contributed by atoms with Gasteiger partial charge in [-0.15, -0.1) is 11.3 Å². The maximum absolute atomic E-state index is 12.5. The summed E-state index contributed by atoms with van der Waals surface area (Å²) < 4.78 is 5.60. The molecule has 4 nitrogen and oxygen atoms in total. The Morgan fingerprint density at radius 1 is 1.20 bits per heavy atom. The van der Waals surface area contributed by atoms with E-state index >= 15 is 0 Å². The molecule has 0 aliphatic heterocycles. The van der Waals surface area contributed by atoms with E-state index in [1.807, 2.05) is 13.8 Å². The summed E-state index contributed by atoms with van der Waals surface area (Å²) >= 11 is 1.56. The van der Waals surface area contributed by atoms with Gasteiger partial charge in [-0.1, -0.05) is 6.42 Å². The fourth-order valence-corrected chi connectivity index (χ4v) is 4.32. The van der Waals surface area contributed by atoms with Crippen LogP contribution in [0.1, 0.15) is 59.5 Å². The van der Waals surface area contributed by atoms with Crippen LogP contribution < -0.4 is 10.1 Å². The van der Waals surface area contributed by atoms with Crippen molar-refractivity contribution in [3.8, 4) is 11.8 Å². The Morgan fingerprint density at radius 2 is 1.92 bits per heavy atom. The van der Waals surface area contributed by atoms with Gasteiger partial charge in [-0.25, -0.2) is 0 Å². The Morgan fingerprint density at radius 3 is 2.60 bits per heavy atom. The predicted molar refractivity (Wildman–Crippen MR) is 100 cm³/mol. The second-order valence-electron chi connectivity index (χ2n) is 6.53. The molecular weight excluding hydrogens is 332 g/mol. The van der Waals surface area contributed by atoms with Crippen molar-refractivity contribution in [2.75, 3.05) is 5.32 Å². The van der Waals surface area contributed by atoms with Crippen molar-refractivity contribution in [3.05, 3.63) is 45.8 Å². The summed E-state index contributed by atoms with van der Waals surface area (Å²) in [5.41, 5.74) is 2.35. The van der Waals surface area contributed by atoms with Gasteiger partial charge in [-0.2, -0.15) is 5.26 Å². The van der Waals surface area contributed by atoms with Crippen molar-refractivity contribution in [2.45, 2.75) is 52.1 Å². The molecule has 1 aromatic carbocycles. The third-order valence-corrected chi connectivity index (χ3v) is 5.46. The van der Waals surface area contributed by atoms with E-state index in [1.54, 1.807) is 35.6 Å². The SMILES string of the molecule is CC(C)Oc1ccc(C(=O)Nc2sc3c(c2C#N)CCCCC3)cc1. The molecule has 1 N–H and O–H groups in total. The molecular formula is C20H22N2O2S. The van der Waals surface area contributed by atoms with Crippen LogP contribution in [0.3, 0.4) is 0 Å². The normalized spacial score (nSPS) is 13.7. The highest BCUT2D eigenvalue weighted by atomic mass is 32.1. The average Bonchev–Trinajstić information content (AvgIpc) is 2.75. The van der Waals surface area contributed by atoms with E-state index in [9.17, 15) is 10.1 Å². The number of carbonyl (C=O) groups excluding carboxylic acids is 1. The lowest BCUT2D eigenvalue weighted by molar-refractivity contribution is 0.102. The summed E-state index contributed by atoms with van der Waals surface area (Å²) in [5, 5.41) is 13.2. The van der Waals surface area contributed by atoms with Gasteiger partial charge in [0.15, 0.2) is 0 Å².